The molecule has 3 aromatic rings. The van der Waals surface area contributed by atoms with Crippen molar-refractivity contribution in [3.8, 4) is 5.75 Å². The Bertz CT molecular complexity index is 778. The first kappa shape index (κ1) is 15.8. The summed E-state index contributed by atoms with van der Waals surface area (Å²) in [5.41, 5.74) is 0.791. The van der Waals surface area contributed by atoms with Crippen LogP contribution in [0.1, 0.15) is 25.0 Å². The Labute approximate surface area is 128 Å². The van der Waals surface area contributed by atoms with Crippen LogP contribution in [-0.4, -0.2) is 10.2 Å². The zero-order valence-corrected chi connectivity index (χ0v) is 12.3. The number of aliphatic hydroxyl groups excluding tert-OH is 1. The predicted octanol–water partition coefficient (Wildman–Crippen LogP) is 3.63. The third-order valence-corrected chi connectivity index (χ3v) is 3.19. The van der Waals surface area contributed by atoms with Gasteiger partial charge in [-0.05, 0) is 24.1 Å². The van der Waals surface area contributed by atoms with Gasteiger partial charge in [-0.1, -0.05) is 55.5 Å². The Morgan fingerprint density at radius 3 is 2.36 bits per heavy atom. The van der Waals surface area contributed by atoms with E-state index < -0.39 is 5.63 Å². The number of para-hydroxylation sites is 1. The summed E-state index contributed by atoms with van der Waals surface area (Å²) in [7, 11) is 0. The molecule has 0 amide bonds. The van der Waals surface area contributed by atoms with Crippen molar-refractivity contribution in [2.24, 2.45) is 0 Å². The van der Waals surface area contributed by atoms with Crippen molar-refractivity contribution >= 4 is 11.0 Å². The summed E-state index contributed by atoms with van der Waals surface area (Å²) < 4.78 is 4.79. The van der Waals surface area contributed by atoms with Crippen LogP contribution in [0.3, 0.4) is 0 Å². The van der Waals surface area contributed by atoms with Crippen LogP contribution in [0.2, 0.25) is 0 Å². The Kier molecular flexibility index (Phi) is 5.33. The fourth-order valence-corrected chi connectivity index (χ4v) is 1.96. The third-order valence-electron chi connectivity index (χ3n) is 3.19. The van der Waals surface area contributed by atoms with E-state index in [1.807, 2.05) is 43.3 Å². The van der Waals surface area contributed by atoms with Gasteiger partial charge in [-0.2, -0.15) is 0 Å². The lowest BCUT2D eigenvalue weighted by Gasteiger charge is -2.05. The lowest BCUT2D eigenvalue weighted by atomic mass is 10.1. The van der Waals surface area contributed by atoms with E-state index in [4.69, 9.17) is 9.52 Å². The summed E-state index contributed by atoms with van der Waals surface area (Å²) in [6, 6.07) is 18.1. The molecule has 1 unspecified atom stereocenters. The van der Waals surface area contributed by atoms with Crippen molar-refractivity contribution in [2.75, 3.05) is 0 Å². The molecule has 22 heavy (non-hydrogen) atoms. The van der Waals surface area contributed by atoms with Gasteiger partial charge in [-0.15, -0.1) is 0 Å². The van der Waals surface area contributed by atoms with Crippen molar-refractivity contribution in [1.82, 2.24) is 0 Å². The number of hydrogen-bond donors (Lipinski definition) is 2. The first-order valence-electron chi connectivity index (χ1n) is 7.06. The maximum atomic E-state index is 10.8. The number of aromatic hydroxyl groups is 1. The number of aliphatic hydroxyl groups is 1. The van der Waals surface area contributed by atoms with E-state index >= 15 is 0 Å². The number of fused-ring (bicyclic) bond motifs is 1. The van der Waals surface area contributed by atoms with E-state index in [0.717, 1.165) is 17.4 Å². The van der Waals surface area contributed by atoms with E-state index in [1.165, 1.54) is 6.07 Å². The minimum atomic E-state index is -0.700. The molecule has 0 fully saturated rings. The average Bonchev–Trinajstić information content (AvgIpc) is 2.56. The smallest absolute Gasteiger partial charge is 0.378 e. The van der Waals surface area contributed by atoms with E-state index in [1.54, 1.807) is 18.2 Å². The molecule has 2 N–H and O–H groups in total. The molecule has 1 atom stereocenters. The third kappa shape index (κ3) is 3.96. The Hall–Kier alpha value is -2.59. The number of rotatable bonds is 2. The highest BCUT2D eigenvalue weighted by Crippen LogP contribution is 2.15. The minimum Gasteiger partial charge on any atom is -0.502 e. The molecule has 0 saturated heterocycles. The predicted molar refractivity (Wildman–Crippen MR) is 85.8 cm³/mol. The molecule has 4 nitrogen and oxygen atoms in total. The molecular formula is C18H18O4. The fraction of sp³-hybridized carbons (Fsp3) is 0.167. The van der Waals surface area contributed by atoms with E-state index in [2.05, 4.69) is 0 Å². The maximum absolute atomic E-state index is 10.8. The van der Waals surface area contributed by atoms with Crippen LogP contribution in [0.4, 0.5) is 0 Å². The van der Waals surface area contributed by atoms with Gasteiger partial charge in [0.15, 0.2) is 0 Å². The van der Waals surface area contributed by atoms with Crippen molar-refractivity contribution in [3.63, 3.8) is 0 Å². The van der Waals surface area contributed by atoms with Crippen molar-refractivity contribution in [1.29, 1.82) is 0 Å². The van der Waals surface area contributed by atoms with Gasteiger partial charge in [0.05, 0.1) is 6.10 Å². The van der Waals surface area contributed by atoms with Gasteiger partial charge in [0.25, 0.3) is 0 Å². The molecule has 0 saturated carbocycles. The summed E-state index contributed by atoms with van der Waals surface area (Å²) in [6.07, 6.45) is 0.491. The van der Waals surface area contributed by atoms with Gasteiger partial charge >= 0.3 is 5.63 Å². The van der Waals surface area contributed by atoms with Gasteiger partial charge in [-0.3, -0.25) is 0 Å². The Morgan fingerprint density at radius 2 is 1.68 bits per heavy atom. The maximum Gasteiger partial charge on any atom is 0.378 e. The van der Waals surface area contributed by atoms with Gasteiger partial charge in [-0.25, -0.2) is 4.79 Å². The van der Waals surface area contributed by atoms with Gasteiger partial charge in [0, 0.05) is 5.39 Å². The molecule has 1 aromatic heterocycles. The van der Waals surface area contributed by atoms with Crippen molar-refractivity contribution < 1.29 is 14.6 Å². The Balaban J connectivity index is 0.000000164. The van der Waals surface area contributed by atoms with Crippen LogP contribution in [0.5, 0.6) is 5.75 Å². The lowest BCUT2D eigenvalue weighted by molar-refractivity contribution is 0.173. The second kappa shape index (κ2) is 7.43. The highest BCUT2D eigenvalue weighted by atomic mass is 16.4. The molecule has 0 aliphatic carbocycles. The van der Waals surface area contributed by atoms with Gasteiger partial charge < -0.3 is 14.6 Å². The molecule has 0 spiro atoms. The molecule has 0 bridgehead atoms. The monoisotopic (exact) mass is 298 g/mol. The van der Waals surface area contributed by atoms with Gasteiger partial charge in [0.2, 0.25) is 5.75 Å². The quantitative estimate of drug-likeness (QED) is 0.709. The summed E-state index contributed by atoms with van der Waals surface area (Å²) in [5, 5.41) is 19.1. The van der Waals surface area contributed by atoms with Crippen LogP contribution in [0, 0.1) is 0 Å². The Morgan fingerprint density at radius 1 is 1.05 bits per heavy atom. The van der Waals surface area contributed by atoms with Crippen LogP contribution in [-0.2, 0) is 0 Å². The topological polar surface area (TPSA) is 70.7 Å². The van der Waals surface area contributed by atoms with Crippen LogP contribution >= 0.6 is 0 Å². The first-order chi connectivity index (χ1) is 10.6. The number of benzene rings is 2. The summed E-state index contributed by atoms with van der Waals surface area (Å²) in [6.45, 7) is 1.97. The molecule has 0 aliphatic heterocycles. The van der Waals surface area contributed by atoms with Crippen molar-refractivity contribution in [3.05, 3.63) is 76.6 Å². The molecule has 0 radical (unpaired) electrons. The molecule has 1 heterocycles. The van der Waals surface area contributed by atoms with Crippen molar-refractivity contribution in [2.45, 2.75) is 19.4 Å². The van der Waals surface area contributed by atoms with Crippen LogP contribution in [0.25, 0.3) is 11.0 Å². The zero-order valence-electron chi connectivity index (χ0n) is 12.3. The molecular weight excluding hydrogens is 280 g/mol. The second-order valence-corrected chi connectivity index (χ2v) is 4.79. The van der Waals surface area contributed by atoms with Crippen LogP contribution in [0.15, 0.2) is 69.9 Å². The largest absolute Gasteiger partial charge is 0.502 e. The molecule has 0 aliphatic rings. The van der Waals surface area contributed by atoms with Crippen LogP contribution < -0.4 is 5.63 Å². The van der Waals surface area contributed by atoms with E-state index in [9.17, 15) is 9.90 Å². The second-order valence-electron chi connectivity index (χ2n) is 4.79. The highest BCUT2D eigenvalue weighted by molar-refractivity contribution is 5.77. The lowest BCUT2D eigenvalue weighted by Crippen LogP contribution is -1.96. The molecule has 3 rings (SSSR count). The summed E-state index contributed by atoms with van der Waals surface area (Å²) in [5.74, 6) is -0.353. The minimum absolute atomic E-state index is 0.291. The standard InChI is InChI=1S/C9H6O3.C9H12O/c10-7-5-6-3-1-2-4-8(6)12-9(7)11;1-2-9(10)8-6-4-3-5-7-8/h1-5,10H;3-7,9-10H,2H2,1H3. The first-order valence-corrected chi connectivity index (χ1v) is 7.06. The molecule has 2 aromatic carbocycles. The highest BCUT2D eigenvalue weighted by Gasteiger charge is 2.01. The normalized spacial score (nSPS) is 11.5. The fourth-order valence-electron chi connectivity index (χ4n) is 1.96. The number of hydrogen-bond acceptors (Lipinski definition) is 4. The summed E-state index contributed by atoms with van der Waals surface area (Å²) in [4.78, 5) is 10.8. The SMILES string of the molecule is CCC(O)c1ccccc1.O=c1oc2ccccc2cc1O. The zero-order chi connectivity index (χ0) is 15.9. The van der Waals surface area contributed by atoms with Gasteiger partial charge in [0.1, 0.15) is 5.58 Å². The molecule has 4 heteroatoms. The van der Waals surface area contributed by atoms with E-state index in [0.29, 0.717) is 5.58 Å². The molecule has 114 valence electrons. The summed E-state index contributed by atoms with van der Waals surface area (Å²) >= 11 is 0. The average molecular weight is 298 g/mol. The van der Waals surface area contributed by atoms with E-state index in [-0.39, 0.29) is 11.9 Å².